The molecule has 4 aromatic rings. The van der Waals surface area contributed by atoms with E-state index in [9.17, 15) is 9.59 Å². The number of likely N-dealkylation sites (tertiary alicyclic amines) is 1. The number of nitrogens with zero attached hydrogens (tertiary/aromatic N) is 2. The molecule has 0 spiro atoms. The van der Waals surface area contributed by atoms with Gasteiger partial charge in [-0.25, -0.2) is 9.59 Å². The summed E-state index contributed by atoms with van der Waals surface area (Å²) in [6, 6.07) is 32.7. The lowest BCUT2D eigenvalue weighted by Gasteiger charge is -2.46. The zero-order chi connectivity index (χ0) is 39.3. The average molecular weight is 768 g/mol. The summed E-state index contributed by atoms with van der Waals surface area (Å²) in [6.07, 6.45) is -1.09. The minimum absolute atomic E-state index is 0.261. The van der Waals surface area contributed by atoms with Gasteiger partial charge in [-0.05, 0) is 72.9 Å². The number of benzene rings is 4. The molecule has 11 heteroatoms. The highest BCUT2D eigenvalue weighted by Gasteiger charge is 2.46. The lowest BCUT2D eigenvalue weighted by molar-refractivity contribution is -0.0783. The van der Waals surface area contributed by atoms with Gasteiger partial charge in [-0.2, -0.15) is 0 Å². The summed E-state index contributed by atoms with van der Waals surface area (Å²) in [4.78, 5) is 30.3. The third-order valence-corrected chi connectivity index (χ3v) is 10.3. The van der Waals surface area contributed by atoms with Crippen LogP contribution in [0.25, 0.3) is 10.8 Å². The predicted octanol–water partition coefficient (Wildman–Crippen LogP) is 7.55. The maximum Gasteiger partial charge on any atom is 0.410 e. The number of hydrogen-bond donors (Lipinski definition) is 1. The molecular formula is C45H57N3O8. The molecule has 0 radical (unpaired) electrons. The van der Waals surface area contributed by atoms with Crippen LogP contribution in [-0.4, -0.2) is 98.9 Å². The maximum atomic E-state index is 13.8. The van der Waals surface area contributed by atoms with Gasteiger partial charge < -0.3 is 39.1 Å². The number of nitrogens with two attached hydrogens (primary N) is 1. The number of rotatable bonds is 16. The summed E-state index contributed by atoms with van der Waals surface area (Å²) in [5, 5.41) is 2.27. The van der Waals surface area contributed by atoms with Gasteiger partial charge in [0, 0.05) is 44.4 Å². The summed E-state index contributed by atoms with van der Waals surface area (Å²) >= 11 is 0. The molecule has 56 heavy (non-hydrogen) atoms. The molecule has 4 unspecified atom stereocenters. The number of carbonyl (C=O) groups excluding carboxylic acids is 2. The van der Waals surface area contributed by atoms with Crippen LogP contribution in [0.5, 0.6) is 5.75 Å². The molecule has 2 saturated heterocycles. The lowest BCUT2D eigenvalue weighted by Crippen LogP contribution is -2.56. The fourth-order valence-corrected chi connectivity index (χ4v) is 7.57. The smallest absolute Gasteiger partial charge is 0.410 e. The van der Waals surface area contributed by atoms with Crippen LogP contribution in [0.1, 0.15) is 56.2 Å². The Labute approximate surface area is 330 Å². The number of hydrogen-bond acceptors (Lipinski definition) is 9. The Bertz CT molecular complexity index is 1830. The van der Waals surface area contributed by atoms with Gasteiger partial charge in [0.25, 0.3) is 0 Å². The Morgan fingerprint density at radius 2 is 1.57 bits per heavy atom. The molecule has 11 nitrogen and oxygen atoms in total. The molecule has 2 fully saturated rings. The molecule has 0 saturated carbocycles. The van der Waals surface area contributed by atoms with E-state index >= 15 is 0 Å². The number of carbonyl (C=O) groups is 2. The summed E-state index contributed by atoms with van der Waals surface area (Å²) in [5.74, 6) is 0.119. The molecule has 2 aliphatic rings. The average Bonchev–Trinajstić information content (AvgIpc) is 3.20. The second-order valence-electron chi connectivity index (χ2n) is 15.6. The minimum atomic E-state index is -0.852. The molecule has 0 bridgehead atoms. The Balaban J connectivity index is 1.24. The van der Waals surface area contributed by atoms with E-state index in [1.165, 1.54) is 0 Å². The number of piperidine rings is 1. The topological polar surface area (TPSA) is 122 Å². The maximum absolute atomic E-state index is 13.8. The van der Waals surface area contributed by atoms with Gasteiger partial charge in [0.05, 0.1) is 52.3 Å². The molecular weight excluding hydrogens is 711 g/mol. The van der Waals surface area contributed by atoms with Crippen LogP contribution in [-0.2, 0) is 36.9 Å². The Morgan fingerprint density at radius 3 is 2.30 bits per heavy atom. The first kappa shape index (κ1) is 41.0. The normalized spacial score (nSPS) is 19.7. The Morgan fingerprint density at radius 1 is 0.839 bits per heavy atom. The molecule has 0 aromatic heterocycles. The van der Waals surface area contributed by atoms with Crippen molar-refractivity contribution >= 4 is 23.0 Å². The molecule has 4 aromatic carbocycles. The van der Waals surface area contributed by atoms with Crippen molar-refractivity contribution < 1.29 is 38.0 Å². The number of amides is 2. The van der Waals surface area contributed by atoms with Crippen molar-refractivity contribution in [2.45, 2.75) is 70.6 Å². The van der Waals surface area contributed by atoms with E-state index < -0.39 is 30.0 Å². The van der Waals surface area contributed by atoms with Gasteiger partial charge in [-0.1, -0.05) is 78.9 Å². The standard InChI is InChI=1S/C45H57N3O8/c1-45(2,3)56-44(50)48-29-39(40(55-43(46)49)20-21-47-22-26-51-27-23-47)42(41(30-48)54-32-34-14-15-35-12-7-8-13-37(35)28-34)36-16-18-38(19-17-36)53-25-9-24-52-31-33-10-5-4-6-11-33/h4-8,10-19,28,39-42H,9,20-27,29-32H2,1-3H3,(H2,46,49). The first-order valence-electron chi connectivity index (χ1n) is 19.8. The second-order valence-corrected chi connectivity index (χ2v) is 15.6. The molecule has 2 amide bonds. The van der Waals surface area contributed by atoms with Crippen molar-refractivity contribution in [1.82, 2.24) is 9.80 Å². The largest absolute Gasteiger partial charge is 0.494 e. The monoisotopic (exact) mass is 767 g/mol. The van der Waals surface area contributed by atoms with E-state index in [4.69, 9.17) is 34.2 Å². The van der Waals surface area contributed by atoms with Crippen LogP contribution in [0.2, 0.25) is 0 Å². The van der Waals surface area contributed by atoms with E-state index in [-0.39, 0.29) is 24.9 Å². The molecule has 300 valence electrons. The number of ether oxygens (including phenoxy) is 6. The molecule has 2 N–H and O–H groups in total. The van der Waals surface area contributed by atoms with Gasteiger partial charge in [0.2, 0.25) is 0 Å². The van der Waals surface area contributed by atoms with Gasteiger partial charge in [-0.3, -0.25) is 4.90 Å². The van der Waals surface area contributed by atoms with Crippen LogP contribution in [0.4, 0.5) is 9.59 Å². The highest BCUT2D eigenvalue weighted by atomic mass is 16.6. The quantitative estimate of drug-likeness (QED) is 0.115. The molecule has 2 heterocycles. The van der Waals surface area contributed by atoms with Crippen LogP contribution in [0.15, 0.2) is 97.1 Å². The van der Waals surface area contributed by atoms with Crippen molar-refractivity contribution in [2.24, 2.45) is 11.7 Å². The minimum Gasteiger partial charge on any atom is -0.494 e. The lowest BCUT2D eigenvalue weighted by atomic mass is 9.75. The predicted molar refractivity (Wildman–Crippen MR) is 216 cm³/mol. The van der Waals surface area contributed by atoms with E-state index in [1.807, 2.05) is 63.2 Å². The van der Waals surface area contributed by atoms with E-state index in [0.717, 1.165) is 52.7 Å². The second kappa shape index (κ2) is 20.0. The summed E-state index contributed by atoms with van der Waals surface area (Å²) in [5.41, 5.74) is 8.20. The van der Waals surface area contributed by atoms with E-state index in [1.54, 1.807) is 4.90 Å². The molecule has 4 atom stereocenters. The van der Waals surface area contributed by atoms with Crippen molar-refractivity contribution in [3.05, 3.63) is 114 Å². The van der Waals surface area contributed by atoms with Gasteiger partial charge in [0.15, 0.2) is 0 Å². The van der Waals surface area contributed by atoms with Gasteiger partial charge in [-0.15, -0.1) is 0 Å². The molecule has 6 rings (SSSR count). The van der Waals surface area contributed by atoms with Crippen molar-refractivity contribution in [2.75, 3.05) is 59.2 Å². The van der Waals surface area contributed by atoms with Crippen LogP contribution >= 0.6 is 0 Å². The van der Waals surface area contributed by atoms with Crippen molar-refractivity contribution in [3.63, 3.8) is 0 Å². The van der Waals surface area contributed by atoms with Crippen LogP contribution < -0.4 is 10.5 Å². The SMILES string of the molecule is CC(C)(C)OC(=O)N1CC(OCc2ccc3ccccc3c2)C(c2ccc(OCCCOCc3ccccc3)cc2)C(C(CCN2CCOCC2)OC(N)=O)C1. The van der Waals surface area contributed by atoms with Gasteiger partial charge >= 0.3 is 12.2 Å². The zero-order valence-corrected chi connectivity index (χ0v) is 33.0. The highest BCUT2D eigenvalue weighted by Crippen LogP contribution is 2.40. The third kappa shape index (κ3) is 12.2. The fraction of sp³-hybridized carbons (Fsp3) is 0.467. The Hall–Kier alpha value is -4.68. The first-order chi connectivity index (χ1) is 27.1. The van der Waals surface area contributed by atoms with Crippen molar-refractivity contribution in [1.29, 1.82) is 0 Å². The highest BCUT2D eigenvalue weighted by molar-refractivity contribution is 5.83. The third-order valence-electron chi connectivity index (χ3n) is 10.3. The molecule has 0 aliphatic carbocycles. The van der Waals surface area contributed by atoms with Crippen molar-refractivity contribution in [3.8, 4) is 5.75 Å². The first-order valence-corrected chi connectivity index (χ1v) is 19.8. The summed E-state index contributed by atoms with van der Waals surface area (Å²) in [7, 11) is 0. The summed E-state index contributed by atoms with van der Waals surface area (Å²) in [6.45, 7) is 11.7. The zero-order valence-electron chi connectivity index (χ0n) is 33.0. The van der Waals surface area contributed by atoms with Crippen LogP contribution in [0, 0.1) is 5.92 Å². The fourth-order valence-electron chi connectivity index (χ4n) is 7.57. The number of primary amides is 1. The van der Waals surface area contributed by atoms with Gasteiger partial charge in [0.1, 0.15) is 17.5 Å². The summed E-state index contributed by atoms with van der Waals surface area (Å²) < 4.78 is 36.2. The molecule has 2 aliphatic heterocycles. The number of morpholine rings is 1. The van der Waals surface area contributed by atoms with E-state index in [0.29, 0.717) is 52.6 Å². The van der Waals surface area contributed by atoms with Crippen LogP contribution in [0.3, 0.4) is 0 Å². The van der Waals surface area contributed by atoms with E-state index in [2.05, 4.69) is 59.5 Å². The number of fused-ring (bicyclic) bond motifs is 1. The Kier molecular flexibility index (Phi) is 14.6.